The lowest BCUT2D eigenvalue weighted by Crippen LogP contribution is -2.08. The molecule has 0 atom stereocenters. The molecule has 0 bridgehead atoms. The van der Waals surface area contributed by atoms with Gasteiger partial charge in [-0.3, -0.25) is 0 Å². The van der Waals surface area contributed by atoms with Crippen molar-refractivity contribution >= 4 is 11.4 Å². The van der Waals surface area contributed by atoms with Crippen LogP contribution in [0.5, 0.6) is 0 Å². The van der Waals surface area contributed by atoms with Crippen molar-refractivity contribution in [3.05, 3.63) is 23.8 Å². The molecule has 5 heteroatoms. The summed E-state index contributed by atoms with van der Waals surface area (Å²) in [4.78, 5) is 0. The van der Waals surface area contributed by atoms with E-state index in [1.54, 1.807) is 18.2 Å². The average molecular weight is 235 g/mol. The van der Waals surface area contributed by atoms with E-state index in [-0.39, 0.29) is 6.61 Å². The summed E-state index contributed by atoms with van der Waals surface area (Å²) in [5, 5.41) is 20.4. The van der Waals surface area contributed by atoms with Gasteiger partial charge in [-0.05, 0) is 24.6 Å². The highest BCUT2D eigenvalue weighted by Crippen LogP contribution is 2.19. The third-order valence-corrected chi connectivity index (χ3v) is 2.20. The molecule has 0 aliphatic rings. The molecule has 1 aromatic rings. The van der Waals surface area contributed by atoms with E-state index < -0.39 is 0 Å². The van der Waals surface area contributed by atoms with Crippen LogP contribution in [-0.2, 0) is 4.74 Å². The molecule has 0 saturated heterocycles. The zero-order valence-corrected chi connectivity index (χ0v) is 9.65. The molecular formula is C12H17N3O2. The van der Waals surface area contributed by atoms with Crippen LogP contribution in [0.25, 0.3) is 0 Å². The number of nitriles is 1. The Labute approximate surface area is 101 Å². The highest BCUT2D eigenvalue weighted by molar-refractivity contribution is 5.68. The molecule has 0 aliphatic carbocycles. The summed E-state index contributed by atoms with van der Waals surface area (Å²) in [6.07, 6.45) is 0.833. The van der Waals surface area contributed by atoms with Gasteiger partial charge in [0.15, 0.2) is 0 Å². The molecule has 0 aromatic heterocycles. The molecule has 0 spiro atoms. The first-order chi connectivity index (χ1) is 8.27. The summed E-state index contributed by atoms with van der Waals surface area (Å²) >= 11 is 0. The highest BCUT2D eigenvalue weighted by Gasteiger charge is 1.99. The van der Waals surface area contributed by atoms with E-state index in [0.717, 1.165) is 18.7 Å². The maximum atomic E-state index is 8.69. The van der Waals surface area contributed by atoms with Crippen molar-refractivity contribution in [1.29, 1.82) is 5.26 Å². The van der Waals surface area contributed by atoms with Gasteiger partial charge in [0, 0.05) is 13.2 Å². The second-order valence-electron chi connectivity index (χ2n) is 3.53. The fraction of sp³-hybridized carbons (Fsp3) is 0.417. The van der Waals surface area contributed by atoms with E-state index in [9.17, 15) is 0 Å². The number of aliphatic hydroxyl groups is 1. The molecule has 5 nitrogen and oxygen atoms in total. The summed E-state index contributed by atoms with van der Waals surface area (Å²) in [5.74, 6) is 0. The van der Waals surface area contributed by atoms with Gasteiger partial charge in [0.1, 0.15) is 0 Å². The predicted octanol–water partition coefficient (Wildman–Crippen LogP) is 0.951. The Morgan fingerprint density at radius 3 is 2.88 bits per heavy atom. The zero-order valence-electron chi connectivity index (χ0n) is 9.65. The van der Waals surface area contributed by atoms with E-state index in [1.165, 1.54) is 0 Å². The molecule has 1 aromatic carbocycles. The Kier molecular flexibility index (Phi) is 5.86. The highest BCUT2D eigenvalue weighted by atomic mass is 16.5. The number of nitrogens with two attached hydrogens (primary N) is 1. The summed E-state index contributed by atoms with van der Waals surface area (Å²) in [5.41, 5.74) is 7.73. The molecule has 17 heavy (non-hydrogen) atoms. The van der Waals surface area contributed by atoms with E-state index in [4.69, 9.17) is 20.8 Å². The Morgan fingerprint density at radius 1 is 1.41 bits per heavy atom. The number of aliphatic hydroxyl groups excluding tert-OH is 1. The number of hydrogen-bond acceptors (Lipinski definition) is 5. The van der Waals surface area contributed by atoms with Crippen molar-refractivity contribution in [1.82, 2.24) is 0 Å². The quantitative estimate of drug-likeness (QED) is 0.483. The first kappa shape index (κ1) is 13.3. The van der Waals surface area contributed by atoms with Crippen LogP contribution in [0.15, 0.2) is 18.2 Å². The first-order valence-corrected chi connectivity index (χ1v) is 5.50. The fourth-order valence-electron chi connectivity index (χ4n) is 1.36. The predicted molar refractivity (Wildman–Crippen MR) is 66.6 cm³/mol. The molecule has 92 valence electrons. The Hall–Kier alpha value is -1.77. The second-order valence-corrected chi connectivity index (χ2v) is 3.53. The lowest BCUT2D eigenvalue weighted by Gasteiger charge is -2.09. The molecule has 0 heterocycles. The maximum Gasteiger partial charge on any atom is 0.0992 e. The number of ether oxygens (including phenoxy) is 1. The number of rotatable bonds is 7. The van der Waals surface area contributed by atoms with Crippen molar-refractivity contribution in [3.8, 4) is 6.07 Å². The van der Waals surface area contributed by atoms with Crippen molar-refractivity contribution < 1.29 is 9.84 Å². The number of benzene rings is 1. The average Bonchev–Trinajstić information content (AvgIpc) is 2.35. The molecule has 1 rings (SSSR count). The van der Waals surface area contributed by atoms with Gasteiger partial charge in [-0.2, -0.15) is 5.26 Å². The van der Waals surface area contributed by atoms with Gasteiger partial charge in [-0.1, -0.05) is 0 Å². The molecule has 4 N–H and O–H groups in total. The minimum Gasteiger partial charge on any atom is -0.397 e. The largest absolute Gasteiger partial charge is 0.397 e. The van der Waals surface area contributed by atoms with Crippen LogP contribution in [0.3, 0.4) is 0 Å². The topological polar surface area (TPSA) is 91.3 Å². The summed E-state index contributed by atoms with van der Waals surface area (Å²) in [6.45, 7) is 1.76. The van der Waals surface area contributed by atoms with Gasteiger partial charge >= 0.3 is 0 Å². The summed E-state index contributed by atoms with van der Waals surface area (Å²) in [6, 6.07) is 7.19. The maximum absolute atomic E-state index is 8.69. The number of hydrogen-bond donors (Lipinski definition) is 3. The van der Waals surface area contributed by atoms with Gasteiger partial charge in [0.05, 0.1) is 36.2 Å². The van der Waals surface area contributed by atoms with Gasteiger partial charge in [-0.25, -0.2) is 0 Å². The van der Waals surface area contributed by atoms with Crippen molar-refractivity contribution in [2.24, 2.45) is 0 Å². The van der Waals surface area contributed by atoms with Gasteiger partial charge in [0.25, 0.3) is 0 Å². The van der Waals surface area contributed by atoms with Crippen molar-refractivity contribution in [2.75, 3.05) is 37.4 Å². The minimum atomic E-state index is 0.0516. The monoisotopic (exact) mass is 235 g/mol. The normalized spacial score (nSPS) is 9.88. The van der Waals surface area contributed by atoms with Crippen LogP contribution in [0.1, 0.15) is 12.0 Å². The van der Waals surface area contributed by atoms with Crippen LogP contribution in [0.2, 0.25) is 0 Å². The number of nitrogen functional groups attached to an aromatic ring is 1. The first-order valence-electron chi connectivity index (χ1n) is 5.50. The molecule has 0 unspecified atom stereocenters. The smallest absolute Gasteiger partial charge is 0.0992 e. The van der Waals surface area contributed by atoms with Crippen molar-refractivity contribution in [3.63, 3.8) is 0 Å². The second kappa shape index (κ2) is 7.49. The molecule has 0 saturated carbocycles. The lowest BCUT2D eigenvalue weighted by molar-refractivity contribution is 0.0922. The van der Waals surface area contributed by atoms with E-state index in [1.807, 2.05) is 6.07 Å². The lowest BCUT2D eigenvalue weighted by atomic mass is 10.2. The van der Waals surface area contributed by atoms with E-state index in [2.05, 4.69) is 5.32 Å². The Balaban J connectivity index is 2.30. The van der Waals surface area contributed by atoms with Crippen LogP contribution >= 0.6 is 0 Å². The van der Waals surface area contributed by atoms with Gasteiger partial charge in [-0.15, -0.1) is 0 Å². The third-order valence-electron chi connectivity index (χ3n) is 2.20. The third kappa shape index (κ3) is 4.72. The fourth-order valence-corrected chi connectivity index (χ4v) is 1.36. The molecule has 0 radical (unpaired) electrons. The van der Waals surface area contributed by atoms with Gasteiger partial charge in [0.2, 0.25) is 0 Å². The standard InChI is InChI=1S/C12H17N3O2/c13-9-10-2-3-12(11(14)8-10)15-4-1-6-17-7-5-16/h2-3,8,15-16H,1,4-7,14H2. The molecule has 0 aliphatic heterocycles. The number of nitrogens with one attached hydrogen (secondary N) is 1. The zero-order chi connectivity index (χ0) is 12.5. The van der Waals surface area contributed by atoms with Crippen molar-refractivity contribution in [2.45, 2.75) is 6.42 Å². The summed E-state index contributed by atoms with van der Waals surface area (Å²) in [7, 11) is 0. The van der Waals surface area contributed by atoms with Crippen LogP contribution < -0.4 is 11.1 Å². The van der Waals surface area contributed by atoms with Crippen LogP contribution in [-0.4, -0.2) is 31.5 Å². The van der Waals surface area contributed by atoms with E-state index in [0.29, 0.717) is 24.5 Å². The molecule has 0 fully saturated rings. The van der Waals surface area contributed by atoms with Crippen LogP contribution in [0, 0.1) is 11.3 Å². The van der Waals surface area contributed by atoms with Gasteiger partial charge < -0.3 is 20.9 Å². The SMILES string of the molecule is N#Cc1ccc(NCCCOCCO)c(N)c1. The number of anilines is 2. The Morgan fingerprint density at radius 2 is 2.24 bits per heavy atom. The molecular weight excluding hydrogens is 218 g/mol. The van der Waals surface area contributed by atoms with E-state index >= 15 is 0 Å². The Bertz CT molecular complexity index is 388. The van der Waals surface area contributed by atoms with Crippen LogP contribution in [0.4, 0.5) is 11.4 Å². The molecule has 0 amide bonds. The number of nitrogens with zero attached hydrogens (tertiary/aromatic N) is 1. The summed E-state index contributed by atoms with van der Waals surface area (Å²) < 4.78 is 5.12. The minimum absolute atomic E-state index is 0.0516.